The van der Waals surface area contributed by atoms with Gasteiger partial charge in [-0.05, 0) is 49.9 Å². The molecule has 4 nitrogen and oxygen atoms in total. The highest BCUT2D eigenvalue weighted by Gasteiger charge is 2.39. The van der Waals surface area contributed by atoms with Crippen molar-refractivity contribution in [2.24, 2.45) is 13.0 Å². The van der Waals surface area contributed by atoms with Crippen molar-refractivity contribution in [3.8, 4) is 11.3 Å². The van der Waals surface area contributed by atoms with Crippen LogP contribution in [0.1, 0.15) is 30.3 Å². The van der Waals surface area contributed by atoms with Gasteiger partial charge < -0.3 is 9.88 Å². The number of piperidine rings is 3. The molecule has 5 rings (SSSR count). The third-order valence-electron chi connectivity index (χ3n) is 5.80. The maximum Gasteiger partial charge on any atom is 0.268 e. The van der Waals surface area contributed by atoms with Crippen LogP contribution < -0.4 is 5.32 Å². The average molecular weight is 323 g/mol. The summed E-state index contributed by atoms with van der Waals surface area (Å²) in [7, 11) is 1.97. The third kappa shape index (κ3) is 2.65. The Morgan fingerprint density at radius 2 is 1.96 bits per heavy atom. The second-order valence-corrected chi connectivity index (χ2v) is 7.24. The first-order valence-electron chi connectivity index (χ1n) is 8.89. The van der Waals surface area contributed by atoms with E-state index in [2.05, 4.69) is 29.3 Å². The minimum absolute atomic E-state index is 0.0473. The SMILES string of the molecule is CC1CC2CCN1C[C@@H]2NC(=O)c1ccc(-c2ccccc2)n1C. The quantitative estimate of drug-likeness (QED) is 0.943. The van der Waals surface area contributed by atoms with Gasteiger partial charge in [-0.3, -0.25) is 9.69 Å². The van der Waals surface area contributed by atoms with Crippen molar-refractivity contribution in [1.29, 1.82) is 0 Å². The van der Waals surface area contributed by atoms with Crippen molar-refractivity contribution >= 4 is 5.91 Å². The van der Waals surface area contributed by atoms with Gasteiger partial charge in [0.2, 0.25) is 0 Å². The smallest absolute Gasteiger partial charge is 0.268 e. The number of fused-ring (bicyclic) bond motifs is 3. The Kier molecular flexibility index (Phi) is 3.93. The van der Waals surface area contributed by atoms with Gasteiger partial charge in [0.05, 0.1) is 0 Å². The van der Waals surface area contributed by atoms with E-state index in [1.165, 1.54) is 19.4 Å². The number of aromatic nitrogens is 1. The standard InChI is InChI=1S/C20H25N3O/c1-14-12-16-10-11-23(14)13-17(16)21-20(24)19-9-8-18(22(19)2)15-6-4-3-5-7-15/h3-9,14,16-17H,10-13H2,1-2H3,(H,21,24)/t14?,16?,17-/m0/s1. The predicted octanol–water partition coefficient (Wildman–Crippen LogP) is 2.90. The molecule has 3 aliphatic rings. The summed E-state index contributed by atoms with van der Waals surface area (Å²) in [4.78, 5) is 15.3. The molecule has 4 heteroatoms. The Bertz CT molecular complexity index is 737. The molecule has 0 saturated carbocycles. The summed E-state index contributed by atoms with van der Waals surface area (Å²) in [5.74, 6) is 0.675. The van der Waals surface area contributed by atoms with Crippen LogP contribution in [0.4, 0.5) is 0 Å². The molecule has 3 aliphatic heterocycles. The van der Waals surface area contributed by atoms with Crippen molar-refractivity contribution in [2.75, 3.05) is 13.1 Å². The summed E-state index contributed by atoms with van der Waals surface area (Å²) < 4.78 is 1.99. The minimum atomic E-state index is 0.0473. The Labute approximate surface area is 143 Å². The molecule has 1 aromatic carbocycles. The second kappa shape index (κ2) is 6.10. The second-order valence-electron chi connectivity index (χ2n) is 7.24. The molecule has 3 unspecified atom stereocenters. The van der Waals surface area contributed by atoms with E-state index in [9.17, 15) is 4.79 Å². The van der Waals surface area contributed by atoms with E-state index < -0.39 is 0 Å². The number of rotatable bonds is 3. The molecule has 0 aliphatic carbocycles. The van der Waals surface area contributed by atoms with Crippen LogP contribution in [-0.2, 0) is 7.05 Å². The molecule has 0 radical (unpaired) electrons. The number of nitrogens with one attached hydrogen (secondary N) is 1. The van der Waals surface area contributed by atoms with E-state index in [0.29, 0.717) is 12.0 Å². The van der Waals surface area contributed by atoms with Crippen LogP contribution in [0, 0.1) is 5.92 Å². The highest BCUT2D eigenvalue weighted by Crippen LogP contribution is 2.32. The molecule has 4 heterocycles. The van der Waals surface area contributed by atoms with E-state index in [1.54, 1.807) is 0 Å². The van der Waals surface area contributed by atoms with Crippen LogP contribution in [0.25, 0.3) is 11.3 Å². The lowest BCUT2D eigenvalue weighted by Crippen LogP contribution is -2.60. The van der Waals surface area contributed by atoms with E-state index in [1.807, 2.05) is 41.9 Å². The van der Waals surface area contributed by atoms with Crippen LogP contribution in [-0.4, -0.2) is 40.5 Å². The average Bonchev–Trinajstić information content (AvgIpc) is 2.98. The van der Waals surface area contributed by atoms with Gasteiger partial charge in [0.1, 0.15) is 5.69 Å². The number of amides is 1. The minimum Gasteiger partial charge on any atom is -0.346 e. The van der Waals surface area contributed by atoms with Crippen molar-refractivity contribution < 1.29 is 4.79 Å². The number of carbonyl (C=O) groups excluding carboxylic acids is 1. The van der Waals surface area contributed by atoms with Gasteiger partial charge in [-0.1, -0.05) is 30.3 Å². The molecular weight excluding hydrogens is 298 g/mol. The molecular formula is C20H25N3O. The van der Waals surface area contributed by atoms with Crippen LogP contribution in [0.3, 0.4) is 0 Å². The molecule has 2 aromatic rings. The summed E-state index contributed by atoms with van der Waals surface area (Å²) in [5.41, 5.74) is 2.94. The molecule has 0 spiro atoms. The fraction of sp³-hybridized carbons (Fsp3) is 0.450. The molecule has 126 valence electrons. The lowest BCUT2D eigenvalue weighted by Gasteiger charge is -2.48. The zero-order valence-electron chi connectivity index (χ0n) is 14.4. The Hall–Kier alpha value is -2.07. The maximum absolute atomic E-state index is 12.8. The molecule has 24 heavy (non-hydrogen) atoms. The first-order valence-corrected chi connectivity index (χ1v) is 8.89. The van der Waals surface area contributed by atoms with E-state index in [4.69, 9.17) is 0 Å². The van der Waals surface area contributed by atoms with E-state index >= 15 is 0 Å². The lowest BCUT2D eigenvalue weighted by atomic mass is 9.80. The van der Waals surface area contributed by atoms with Crippen molar-refractivity contribution in [3.63, 3.8) is 0 Å². The molecule has 3 saturated heterocycles. The van der Waals surface area contributed by atoms with Gasteiger partial charge in [0.15, 0.2) is 0 Å². The molecule has 3 fully saturated rings. The fourth-order valence-electron chi connectivity index (χ4n) is 4.34. The van der Waals surface area contributed by atoms with E-state index in [-0.39, 0.29) is 11.9 Å². The molecule has 2 bridgehead atoms. The number of carbonyl (C=O) groups is 1. The van der Waals surface area contributed by atoms with Gasteiger partial charge in [-0.2, -0.15) is 0 Å². The number of benzene rings is 1. The topological polar surface area (TPSA) is 37.3 Å². The van der Waals surface area contributed by atoms with Gasteiger partial charge in [0.25, 0.3) is 5.91 Å². The molecule has 1 amide bonds. The number of hydrogen-bond acceptors (Lipinski definition) is 2. The summed E-state index contributed by atoms with van der Waals surface area (Å²) in [6.45, 7) is 4.47. The van der Waals surface area contributed by atoms with Crippen LogP contribution in [0.2, 0.25) is 0 Å². The van der Waals surface area contributed by atoms with Crippen LogP contribution in [0.15, 0.2) is 42.5 Å². The molecule has 1 N–H and O–H groups in total. The van der Waals surface area contributed by atoms with Gasteiger partial charge in [-0.25, -0.2) is 0 Å². The first-order chi connectivity index (χ1) is 11.6. The Morgan fingerprint density at radius 3 is 2.62 bits per heavy atom. The summed E-state index contributed by atoms with van der Waals surface area (Å²) in [6, 6.07) is 15.1. The Morgan fingerprint density at radius 1 is 1.17 bits per heavy atom. The lowest BCUT2D eigenvalue weighted by molar-refractivity contribution is 0.0273. The number of nitrogens with zero attached hydrogens (tertiary/aromatic N) is 2. The summed E-state index contributed by atoms with van der Waals surface area (Å²) in [5, 5.41) is 3.29. The summed E-state index contributed by atoms with van der Waals surface area (Å²) >= 11 is 0. The molecule has 4 atom stereocenters. The van der Waals surface area contributed by atoms with Crippen LogP contribution in [0.5, 0.6) is 0 Å². The third-order valence-corrected chi connectivity index (χ3v) is 5.80. The normalized spacial score (nSPS) is 28.8. The van der Waals surface area contributed by atoms with Crippen molar-refractivity contribution in [1.82, 2.24) is 14.8 Å². The largest absolute Gasteiger partial charge is 0.346 e. The number of hydrogen-bond donors (Lipinski definition) is 1. The van der Waals surface area contributed by atoms with Crippen molar-refractivity contribution in [2.45, 2.75) is 31.8 Å². The van der Waals surface area contributed by atoms with Gasteiger partial charge >= 0.3 is 0 Å². The van der Waals surface area contributed by atoms with Gasteiger partial charge in [-0.15, -0.1) is 0 Å². The summed E-state index contributed by atoms with van der Waals surface area (Å²) in [6.07, 6.45) is 2.41. The monoisotopic (exact) mass is 323 g/mol. The zero-order chi connectivity index (χ0) is 16.7. The highest BCUT2D eigenvalue weighted by atomic mass is 16.2. The first kappa shape index (κ1) is 15.5. The fourth-order valence-corrected chi connectivity index (χ4v) is 4.34. The zero-order valence-corrected chi connectivity index (χ0v) is 14.4. The van der Waals surface area contributed by atoms with Gasteiger partial charge in [0, 0.05) is 31.4 Å². The van der Waals surface area contributed by atoms with Crippen LogP contribution >= 0.6 is 0 Å². The molecule has 1 aromatic heterocycles. The maximum atomic E-state index is 12.8. The van der Waals surface area contributed by atoms with Crippen molar-refractivity contribution in [3.05, 3.63) is 48.2 Å². The van der Waals surface area contributed by atoms with E-state index in [0.717, 1.165) is 23.5 Å². The predicted molar refractivity (Wildman–Crippen MR) is 95.9 cm³/mol. The Balaban J connectivity index is 1.51. The highest BCUT2D eigenvalue weighted by molar-refractivity contribution is 5.94.